The average Bonchev–Trinajstić information content (AvgIpc) is 2.57. The zero-order valence-electron chi connectivity index (χ0n) is 15.0. The Kier molecular flexibility index (Phi) is 17.4. The van der Waals surface area contributed by atoms with E-state index in [1.165, 1.54) is 0 Å². The van der Waals surface area contributed by atoms with E-state index in [-0.39, 0.29) is 6.04 Å². The van der Waals surface area contributed by atoms with E-state index in [0.717, 1.165) is 18.2 Å². The summed E-state index contributed by atoms with van der Waals surface area (Å²) in [6, 6.07) is 9.49. The first-order chi connectivity index (χ1) is 10.5. The molecule has 0 fully saturated rings. The molecule has 0 heterocycles. The molecular weight excluding hydrogens is 297 g/mol. The zero-order chi connectivity index (χ0) is 17.4. The largest absolute Gasteiger partial charge is 0.458 e. The molecular formula is C17H32NO3P. The van der Waals surface area contributed by atoms with Crippen LogP contribution < -0.4 is 9.61 Å². The van der Waals surface area contributed by atoms with Crippen LogP contribution in [-0.4, -0.2) is 31.7 Å². The molecule has 0 aromatic heterocycles. The van der Waals surface area contributed by atoms with Crippen LogP contribution in [-0.2, 0) is 9.53 Å². The Labute approximate surface area is 137 Å². The third kappa shape index (κ3) is 14.0. The minimum atomic E-state index is -0.761. The fourth-order valence-corrected chi connectivity index (χ4v) is 2.30. The van der Waals surface area contributed by atoms with E-state index in [2.05, 4.69) is 5.09 Å². The smallest absolute Gasteiger partial charge is 0.161 e. The van der Waals surface area contributed by atoms with Crippen molar-refractivity contribution < 1.29 is 14.1 Å². The normalized spacial score (nSPS) is 12.2. The number of methoxy groups -OCH3 is 1. The van der Waals surface area contributed by atoms with Crippen molar-refractivity contribution in [3.05, 3.63) is 30.3 Å². The van der Waals surface area contributed by atoms with Crippen LogP contribution in [0.3, 0.4) is 0 Å². The van der Waals surface area contributed by atoms with Gasteiger partial charge in [0.25, 0.3) is 0 Å². The first-order valence-corrected chi connectivity index (χ1v) is 9.22. The van der Waals surface area contributed by atoms with Gasteiger partial charge in [0.05, 0.1) is 12.1 Å². The highest BCUT2D eigenvalue weighted by Gasteiger charge is 2.11. The highest BCUT2D eigenvalue weighted by Crippen LogP contribution is 2.33. The standard InChI is InChI=1S/C11H16NO2P.C4H10O.C2H6/c1-3-15(12-10(2)9-13)14-11-7-5-4-6-8-11;1-4(2)5-3;1-2/h4-10,12H,3H2,1-2H3;4H,1-3H3;1-2H3/t10-,15?;;/m0../s1. The van der Waals surface area contributed by atoms with Crippen molar-refractivity contribution in [2.24, 2.45) is 0 Å². The second-order valence-corrected chi connectivity index (χ2v) is 6.27. The molecule has 0 aliphatic heterocycles. The Morgan fingerprint density at radius 2 is 1.68 bits per heavy atom. The van der Waals surface area contributed by atoms with Crippen molar-refractivity contribution >= 4 is 14.6 Å². The van der Waals surface area contributed by atoms with Crippen LogP contribution in [0, 0.1) is 0 Å². The summed E-state index contributed by atoms with van der Waals surface area (Å²) in [4.78, 5) is 10.5. The van der Waals surface area contributed by atoms with Crippen molar-refractivity contribution in [2.75, 3.05) is 13.3 Å². The maximum atomic E-state index is 10.5. The van der Waals surface area contributed by atoms with Crippen LogP contribution in [0.5, 0.6) is 5.75 Å². The minimum Gasteiger partial charge on any atom is -0.458 e. The molecule has 0 aliphatic carbocycles. The molecule has 1 aromatic carbocycles. The molecule has 1 N–H and O–H groups in total. The molecule has 0 saturated heterocycles. The molecule has 0 saturated carbocycles. The van der Waals surface area contributed by atoms with Gasteiger partial charge in [-0.15, -0.1) is 0 Å². The Bertz CT molecular complexity index is 347. The van der Waals surface area contributed by atoms with E-state index in [1.807, 2.05) is 71.9 Å². The fraction of sp³-hybridized carbons (Fsp3) is 0.588. The van der Waals surface area contributed by atoms with Crippen LogP contribution in [0.2, 0.25) is 0 Å². The number of hydrogen-bond donors (Lipinski definition) is 1. The molecule has 5 heteroatoms. The number of benzene rings is 1. The quantitative estimate of drug-likeness (QED) is 0.585. The molecule has 1 rings (SSSR count). The number of rotatable bonds is 7. The lowest BCUT2D eigenvalue weighted by Crippen LogP contribution is -2.24. The first-order valence-electron chi connectivity index (χ1n) is 7.78. The van der Waals surface area contributed by atoms with Gasteiger partial charge in [-0.2, -0.15) is 0 Å². The molecule has 0 aliphatic rings. The molecule has 4 nitrogen and oxygen atoms in total. The van der Waals surface area contributed by atoms with E-state index in [4.69, 9.17) is 9.26 Å². The van der Waals surface area contributed by atoms with Gasteiger partial charge in [0.15, 0.2) is 8.30 Å². The van der Waals surface area contributed by atoms with Gasteiger partial charge >= 0.3 is 0 Å². The maximum Gasteiger partial charge on any atom is 0.161 e. The van der Waals surface area contributed by atoms with Crippen LogP contribution in [0.4, 0.5) is 0 Å². The Morgan fingerprint density at radius 1 is 1.18 bits per heavy atom. The first kappa shape index (κ1) is 23.3. The average molecular weight is 329 g/mol. The highest BCUT2D eigenvalue weighted by molar-refractivity contribution is 7.50. The second-order valence-electron chi connectivity index (χ2n) is 4.44. The summed E-state index contributed by atoms with van der Waals surface area (Å²) < 4.78 is 10.5. The van der Waals surface area contributed by atoms with E-state index in [0.29, 0.717) is 6.10 Å². The van der Waals surface area contributed by atoms with Crippen molar-refractivity contribution in [3.63, 3.8) is 0 Å². The van der Waals surface area contributed by atoms with Crippen LogP contribution >= 0.6 is 8.30 Å². The number of carbonyl (C=O) groups excluding carboxylic acids is 1. The highest BCUT2D eigenvalue weighted by atomic mass is 31.2. The van der Waals surface area contributed by atoms with Crippen molar-refractivity contribution in [3.8, 4) is 5.75 Å². The lowest BCUT2D eigenvalue weighted by molar-refractivity contribution is -0.108. The van der Waals surface area contributed by atoms with Crippen molar-refractivity contribution in [1.82, 2.24) is 5.09 Å². The number of ether oxygens (including phenoxy) is 1. The molecule has 0 spiro atoms. The Balaban J connectivity index is 0. The topological polar surface area (TPSA) is 47.6 Å². The number of para-hydroxylation sites is 1. The van der Waals surface area contributed by atoms with Crippen molar-refractivity contribution in [2.45, 2.75) is 53.7 Å². The molecule has 22 heavy (non-hydrogen) atoms. The lowest BCUT2D eigenvalue weighted by atomic mass is 10.3. The Morgan fingerprint density at radius 3 is 2.05 bits per heavy atom. The number of hydrogen-bond acceptors (Lipinski definition) is 4. The van der Waals surface area contributed by atoms with Gasteiger partial charge in [0.2, 0.25) is 0 Å². The molecule has 1 unspecified atom stereocenters. The Hall–Kier alpha value is -0.960. The maximum absolute atomic E-state index is 10.5. The van der Waals surface area contributed by atoms with Gasteiger partial charge in [-0.05, 0) is 32.9 Å². The van der Waals surface area contributed by atoms with Gasteiger partial charge < -0.3 is 14.1 Å². The van der Waals surface area contributed by atoms with Crippen molar-refractivity contribution in [1.29, 1.82) is 0 Å². The molecule has 0 radical (unpaired) electrons. The van der Waals surface area contributed by atoms with Crippen LogP contribution in [0.1, 0.15) is 41.5 Å². The lowest BCUT2D eigenvalue weighted by Gasteiger charge is -2.19. The third-order valence-electron chi connectivity index (χ3n) is 2.27. The summed E-state index contributed by atoms with van der Waals surface area (Å²) in [5.74, 6) is 0.844. The van der Waals surface area contributed by atoms with Gasteiger partial charge in [0, 0.05) is 13.3 Å². The third-order valence-corrected chi connectivity index (χ3v) is 3.97. The fourth-order valence-electron chi connectivity index (χ4n) is 1.05. The monoisotopic (exact) mass is 329 g/mol. The van der Waals surface area contributed by atoms with Crippen LogP contribution in [0.15, 0.2) is 30.3 Å². The predicted molar refractivity (Wildman–Crippen MR) is 96.7 cm³/mol. The minimum absolute atomic E-state index is 0.153. The summed E-state index contributed by atoms with van der Waals surface area (Å²) in [6.07, 6.45) is 2.15. The zero-order valence-corrected chi connectivity index (χ0v) is 15.9. The van der Waals surface area contributed by atoms with Crippen LogP contribution in [0.25, 0.3) is 0 Å². The van der Waals surface area contributed by atoms with E-state index in [9.17, 15) is 4.79 Å². The summed E-state index contributed by atoms with van der Waals surface area (Å²) in [5, 5.41) is 3.14. The van der Waals surface area contributed by atoms with Gasteiger partial charge in [-0.25, -0.2) is 0 Å². The molecule has 0 bridgehead atoms. The summed E-state index contributed by atoms with van der Waals surface area (Å²) in [5.41, 5.74) is 0. The number of carbonyl (C=O) groups is 1. The number of nitrogens with one attached hydrogen (secondary N) is 1. The van der Waals surface area contributed by atoms with Gasteiger partial charge in [0.1, 0.15) is 12.0 Å². The van der Waals surface area contributed by atoms with E-state index >= 15 is 0 Å². The predicted octanol–water partition coefficient (Wildman–Crippen LogP) is 4.64. The van der Waals surface area contributed by atoms with E-state index in [1.54, 1.807) is 7.11 Å². The van der Waals surface area contributed by atoms with E-state index < -0.39 is 8.30 Å². The van der Waals surface area contributed by atoms with Gasteiger partial charge in [-0.1, -0.05) is 39.0 Å². The molecule has 1 aromatic rings. The van der Waals surface area contributed by atoms with Gasteiger partial charge in [-0.3, -0.25) is 5.09 Å². The second kappa shape index (κ2) is 16.4. The number of aldehydes is 1. The summed E-state index contributed by atoms with van der Waals surface area (Å²) in [6.45, 7) is 11.9. The summed E-state index contributed by atoms with van der Waals surface area (Å²) in [7, 11) is 0.938. The summed E-state index contributed by atoms with van der Waals surface area (Å²) >= 11 is 0. The molecule has 128 valence electrons. The molecule has 2 atom stereocenters. The SMILES string of the molecule is CC.CCP(N[C@@H](C)C=O)Oc1ccccc1.COC(C)C. The molecule has 0 amide bonds.